The number of amides is 1. The van der Waals surface area contributed by atoms with Crippen molar-refractivity contribution >= 4 is 27.5 Å². The summed E-state index contributed by atoms with van der Waals surface area (Å²) in [6.07, 6.45) is 3.25. The Labute approximate surface area is 113 Å². The van der Waals surface area contributed by atoms with Gasteiger partial charge in [-0.2, -0.15) is 0 Å². The van der Waals surface area contributed by atoms with Crippen molar-refractivity contribution in [1.82, 2.24) is 4.98 Å². The normalized spacial score (nSPS) is 10.1. The topological polar surface area (TPSA) is 53.4 Å². The molecule has 2 aromatic rings. The molecule has 92 valence electrons. The van der Waals surface area contributed by atoms with E-state index in [9.17, 15) is 9.90 Å². The Morgan fingerprint density at radius 1 is 1.28 bits per heavy atom. The van der Waals surface area contributed by atoms with E-state index in [1.807, 2.05) is 0 Å². The molecule has 1 N–H and O–H groups in total. The number of carbonyl (C=O) groups excluding carboxylic acids is 1. The third-order valence-electron chi connectivity index (χ3n) is 2.55. The average molecular weight is 307 g/mol. The highest BCUT2D eigenvalue weighted by Gasteiger charge is 2.14. The first kappa shape index (κ1) is 12.6. The number of benzene rings is 1. The van der Waals surface area contributed by atoms with Crippen LogP contribution in [0.2, 0.25) is 0 Å². The fraction of sp³-hybridized carbons (Fsp3) is 0.0769. The summed E-state index contributed by atoms with van der Waals surface area (Å²) >= 11 is 3.18. The number of phenols is 1. The molecule has 1 amide bonds. The van der Waals surface area contributed by atoms with Crippen LogP contribution < -0.4 is 4.90 Å². The van der Waals surface area contributed by atoms with Crippen molar-refractivity contribution in [2.75, 3.05) is 11.9 Å². The van der Waals surface area contributed by atoms with Gasteiger partial charge in [0.2, 0.25) is 0 Å². The lowest BCUT2D eigenvalue weighted by atomic mass is 10.2. The highest BCUT2D eigenvalue weighted by molar-refractivity contribution is 9.10. The molecule has 0 bridgehead atoms. The Morgan fingerprint density at radius 3 is 2.56 bits per heavy atom. The molecular formula is C13H11BrN2O2. The van der Waals surface area contributed by atoms with Crippen LogP contribution in [-0.2, 0) is 0 Å². The summed E-state index contributed by atoms with van der Waals surface area (Å²) in [7, 11) is 1.68. The Bertz CT molecular complexity index is 572. The predicted molar refractivity (Wildman–Crippen MR) is 72.8 cm³/mol. The second-order valence-corrected chi connectivity index (χ2v) is 4.59. The molecular weight excluding hydrogens is 296 g/mol. The van der Waals surface area contributed by atoms with Crippen molar-refractivity contribution < 1.29 is 9.90 Å². The zero-order valence-corrected chi connectivity index (χ0v) is 11.3. The first-order valence-corrected chi connectivity index (χ1v) is 6.05. The van der Waals surface area contributed by atoms with Crippen LogP contribution in [0.15, 0.2) is 47.2 Å². The van der Waals surface area contributed by atoms with E-state index >= 15 is 0 Å². The standard InChI is InChI=1S/C13H11BrN2O2/c1-16(10-4-6-15-7-5-10)13(18)9-2-3-11(14)12(17)8-9/h2-8,17H,1H3. The van der Waals surface area contributed by atoms with Crippen LogP contribution in [0.25, 0.3) is 0 Å². The van der Waals surface area contributed by atoms with Gasteiger partial charge in [0, 0.05) is 30.7 Å². The van der Waals surface area contributed by atoms with Crippen LogP contribution in [0.5, 0.6) is 5.75 Å². The molecule has 0 aliphatic heterocycles. The van der Waals surface area contributed by atoms with Gasteiger partial charge in [0.15, 0.2) is 0 Å². The third kappa shape index (κ3) is 2.51. The first-order chi connectivity index (χ1) is 8.59. The molecule has 18 heavy (non-hydrogen) atoms. The second-order valence-electron chi connectivity index (χ2n) is 3.74. The first-order valence-electron chi connectivity index (χ1n) is 5.26. The third-order valence-corrected chi connectivity index (χ3v) is 3.22. The highest BCUT2D eigenvalue weighted by atomic mass is 79.9. The van der Waals surface area contributed by atoms with E-state index in [4.69, 9.17) is 0 Å². The maximum Gasteiger partial charge on any atom is 0.258 e. The van der Waals surface area contributed by atoms with Gasteiger partial charge in [0.1, 0.15) is 5.75 Å². The monoisotopic (exact) mass is 306 g/mol. The summed E-state index contributed by atoms with van der Waals surface area (Å²) in [5, 5.41) is 9.57. The molecule has 5 heteroatoms. The number of nitrogens with zero attached hydrogens (tertiary/aromatic N) is 2. The van der Waals surface area contributed by atoms with Crippen LogP contribution >= 0.6 is 15.9 Å². The van der Waals surface area contributed by atoms with Crippen molar-refractivity contribution in [1.29, 1.82) is 0 Å². The van der Waals surface area contributed by atoms with E-state index < -0.39 is 0 Å². The molecule has 0 aliphatic carbocycles. The molecule has 0 spiro atoms. The number of hydrogen-bond acceptors (Lipinski definition) is 3. The van der Waals surface area contributed by atoms with Gasteiger partial charge in [-0.25, -0.2) is 0 Å². The van der Waals surface area contributed by atoms with E-state index in [2.05, 4.69) is 20.9 Å². The molecule has 0 fully saturated rings. The molecule has 0 aliphatic rings. The molecule has 1 heterocycles. The molecule has 0 unspecified atom stereocenters. The molecule has 4 nitrogen and oxygen atoms in total. The van der Waals surface area contributed by atoms with Crippen LogP contribution in [-0.4, -0.2) is 23.0 Å². The molecule has 1 aromatic heterocycles. The van der Waals surface area contributed by atoms with Gasteiger partial charge in [-0.05, 0) is 46.3 Å². The number of phenolic OH excluding ortho intramolecular Hbond substituents is 1. The van der Waals surface area contributed by atoms with Crippen LogP contribution in [0.3, 0.4) is 0 Å². The Hall–Kier alpha value is -1.88. The lowest BCUT2D eigenvalue weighted by Crippen LogP contribution is -2.26. The minimum absolute atomic E-state index is 0.0454. The number of halogens is 1. The fourth-order valence-corrected chi connectivity index (χ4v) is 1.77. The lowest BCUT2D eigenvalue weighted by Gasteiger charge is -2.17. The summed E-state index contributed by atoms with van der Waals surface area (Å²) in [4.78, 5) is 17.6. The zero-order chi connectivity index (χ0) is 13.1. The summed E-state index contributed by atoms with van der Waals surface area (Å²) in [5.41, 5.74) is 1.17. The molecule has 1 aromatic carbocycles. The largest absolute Gasteiger partial charge is 0.507 e. The lowest BCUT2D eigenvalue weighted by molar-refractivity contribution is 0.0992. The fourth-order valence-electron chi connectivity index (χ4n) is 1.52. The van der Waals surface area contributed by atoms with Gasteiger partial charge in [-0.1, -0.05) is 0 Å². The maximum atomic E-state index is 12.2. The van der Waals surface area contributed by atoms with Crippen LogP contribution in [0, 0.1) is 0 Å². The Kier molecular flexibility index (Phi) is 3.62. The van der Waals surface area contributed by atoms with E-state index in [0.29, 0.717) is 10.0 Å². The minimum atomic E-state index is -0.191. The van der Waals surface area contributed by atoms with E-state index in [-0.39, 0.29) is 11.7 Å². The molecule has 0 atom stereocenters. The van der Waals surface area contributed by atoms with E-state index in [1.165, 1.54) is 11.0 Å². The van der Waals surface area contributed by atoms with Gasteiger partial charge in [-0.15, -0.1) is 0 Å². The zero-order valence-electron chi connectivity index (χ0n) is 9.67. The Morgan fingerprint density at radius 2 is 1.94 bits per heavy atom. The quantitative estimate of drug-likeness (QED) is 0.928. The van der Waals surface area contributed by atoms with Crippen molar-refractivity contribution in [2.45, 2.75) is 0 Å². The molecule has 0 saturated carbocycles. The summed E-state index contributed by atoms with van der Waals surface area (Å²) in [6.45, 7) is 0. The van der Waals surface area contributed by atoms with Crippen LogP contribution in [0.4, 0.5) is 5.69 Å². The van der Waals surface area contributed by atoms with E-state index in [1.54, 1.807) is 43.7 Å². The minimum Gasteiger partial charge on any atom is -0.507 e. The number of hydrogen-bond donors (Lipinski definition) is 1. The van der Waals surface area contributed by atoms with E-state index in [0.717, 1.165) is 5.69 Å². The van der Waals surface area contributed by atoms with Crippen molar-refractivity contribution in [3.8, 4) is 5.75 Å². The van der Waals surface area contributed by atoms with Crippen molar-refractivity contribution in [2.24, 2.45) is 0 Å². The number of pyridine rings is 1. The summed E-state index contributed by atoms with van der Waals surface area (Å²) in [5.74, 6) is -0.145. The number of carbonyl (C=O) groups is 1. The van der Waals surface area contributed by atoms with Crippen molar-refractivity contribution in [3.05, 3.63) is 52.8 Å². The highest BCUT2D eigenvalue weighted by Crippen LogP contribution is 2.25. The Balaban J connectivity index is 2.29. The molecule has 2 rings (SSSR count). The predicted octanol–water partition coefficient (Wildman–Crippen LogP) is 2.83. The van der Waals surface area contributed by atoms with Gasteiger partial charge >= 0.3 is 0 Å². The van der Waals surface area contributed by atoms with Gasteiger partial charge in [0.05, 0.1) is 4.47 Å². The number of aromatic nitrogens is 1. The smallest absolute Gasteiger partial charge is 0.258 e. The maximum absolute atomic E-state index is 12.2. The SMILES string of the molecule is CN(C(=O)c1ccc(Br)c(O)c1)c1ccncc1. The second kappa shape index (κ2) is 5.18. The number of rotatable bonds is 2. The number of anilines is 1. The number of aromatic hydroxyl groups is 1. The van der Waals surface area contributed by atoms with Gasteiger partial charge in [-0.3, -0.25) is 9.78 Å². The average Bonchev–Trinajstić information content (AvgIpc) is 2.41. The van der Waals surface area contributed by atoms with Crippen LogP contribution in [0.1, 0.15) is 10.4 Å². The molecule has 0 radical (unpaired) electrons. The summed E-state index contributed by atoms with van der Waals surface area (Å²) in [6, 6.07) is 8.23. The van der Waals surface area contributed by atoms with Crippen molar-refractivity contribution in [3.63, 3.8) is 0 Å². The summed E-state index contributed by atoms with van der Waals surface area (Å²) < 4.78 is 0.561. The van der Waals surface area contributed by atoms with Gasteiger partial charge in [0.25, 0.3) is 5.91 Å². The van der Waals surface area contributed by atoms with Gasteiger partial charge < -0.3 is 10.0 Å². The molecule has 0 saturated heterocycles.